The first-order chi connectivity index (χ1) is 6.22. The number of unbranched alkanes of at least 4 members (excludes halogenated alkanes) is 2. The highest BCUT2D eigenvalue weighted by atomic mass is 35.5. The Labute approximate surface area is 84.9 Å². The standard InChI is InChI=1S/C10H17ClO2/c1-3-5-6-7-8-9(11)10(12)13-4-2/h7-9H,3-6H2,1-2H3/b8-7+. The number of hydrogen-bond donors (Lipinski definition) is 0. The molecule has 0 aromatic carbocycles. The number of alkyl halides is 1. The topological polar surface area (TPSA) is 26.3 Å². The second kappa shape index (κ2) is 8.11. The molecule has 3 heteroatoms. The summed E-state index contributed by atoms with van der Waals surface area (Å²) in [5.41, 5.74) is 0. The molecule has 76 valence electrons. The van der Waals surface area contributed by atoms with Crippen molar-refractivity contribution >= 4 is 17.6 Å². The lowest BCUT2D eigenvalue weighted by atomic mass is 10.2. The van der Waals surface area contributed by atoms with Crippen molar-refractivity contribution in [2.45, 2.75) is 38.5 Å². The summed E-state index contributed by atoms with van der Waals surface area (Å²) in [5, 5.41) is -0.628. The van der Waals surface area contributed by atoms with Gasteiger partial charge in [0.15, 0.2) is 0 Å². The smallest absolute Gasteiger partial charge is 0.327 e. The zero-order valence-electron chi connectivity index (χ0n) is 8.25. The van der Waals surface area contributed by atoms with Crippen LogP contribution in [0.5, 0.6) is 0 Å². The van der Waals surface area contributed by atoms with Crippen LogP contribution in [0.4, 0.5) is 0 Å². The maximum Gasteiger partial charge on any atom is 0.327 e. The first-order valence-corrected chi connectivity index (χ1v) is 5.13. The fraction of sp³-hybridized carbons (Fsp3) is 0.700. The molecule has 1 atom stereocenters. The number of hydrogen-bond acceptors (Lipinski definition) is 2. The summed E-state index contributed by atoms with van der Waals surface area (Å²) in [6, 6.07) is 0. The number of allylic oxidation sites excluding steroid dienone is 1. The van der Waals surface area contributed by atoms with E-state index in [-0.39, 0.29) is 5.97 Å². The van der Waals surface area contributed by atoms with Crippen LogP contribution in [0.3, 0.4) is 0 Å². The minimum absolute atomic E-state index is 0.364. The molecule has 0 spiro atoms. The average molecular weight is 205 g/mol. The van der Waals surface area contributed by atoms with Crippen molar-refractivity contribution in [3.05, 3.63) is 12.2 Å². The summed E-state index contributed by atoms with van der Waals surface area (Å²) in [5.74, 6) is -0.364. The molecule has 0 aromatic rings. The van der Waals surface area contributed by atoms with Gasteiger partial charge in [-0.3, -0.25) is 4.79 Å². The molecule has 0 aliphatic rings. The van der Waals surface area contributed by atoms with E-state index in [9.17, 15) is 4.79 Å². The first kappa shape index (κ1) is 12.5. The van der Waals surface area contributed by atoms with Crippen LogP contribution in [0.2, 0.25) is 0 Å². The third-order valence-electron chi connectivity index (χ3n) is 1.54. The molecule has 0 N–H and O–H groups in total. The van der Waals surface area contributed by atoms with Gasteiger partial charge in [0.25, 0.3) is 0 Å². The highest BCUT2D eigenvalue weighted by Gasteiger charge is 2.11. The maximum absolute atomic E-state index is 11.0. The summed E-state index contributed by atoms with van der Waals surface area (Å²) in [6.45, 7) is 4.27. The van der Waals surface area contributed by atoms with E-state index in [0.717, 1.165) is 19.3 Å². The molecule has 0 saturated carbocycles. The molecule has 0 heterocycles. The monoisotopic (exact) mass is 204 g/mol. The van der Waals surface area contributed by atoms with Gasteiger partial charge in [0.05, 0.1) is 6.61 Å². The van der Waals surface area contributed by atoms with Gasteiger partial charge < -0.3 is 4.74 Å². The molecule has 0 saturated heterocycles. The Balaban J connectivity index is 3.64. The van der Waals surface area contributed by atoms with Crippen LogP contribution in [0.1, 0.15) is 33.1 Å². The Morgan fingerprint density at radius 1 is 1.54 bits per heavy atom. The van der Waals surface area contributed by atoms with Crippen molar-refractivity contribution < 1.29 is 9.53 Å². The normalized spacial score (nSPS) is 13.2. The molecule has 0 amide bonds. The van der Waals surface area contributed by atoms with Crippen LogP contribution in [0, 0.1) is 0 Å². The first-order valence-electron chi connectivity index (χ1n) is 4.69. The van der Waals surface area contributed by atoms with Crippen LogP contribution in [-0.2, 0) is 9.53 Å². The van der Waals surface area contributed by atoms with Gasteiger partial charge >= 0.3 is 5.97 Å². The van der Waals surface area contributed by atoms with Gasteiger partial charge in [-0.1, -0.05) is 31.9 Å². The number of carbonyl (C=O) groups is 1. The minimum Gasteiger partial charge on any atom is -0.465 e. The Hall–Kier alpha value is -0.500. The number of carbonyl (C=O) groups excluding carboxylic acids is 1. The number of ether oxygens (including phenoxy) is 1. The minimum atomic E-state index is -0.628. The van der Waals surface area contributed by atoms with Crippen LogP contribution in [0.15, 0.2) is 12.2 Å². The highest BCUT2D eigenvalue weighted by molar-refractivity contribution is 6.31. The molecule has 1 unspecified atom stereocenters. The van der Waals surface area contributed by atoms with Crippen LogP contribution < -0.4 is 0 Å². The van der Waals surface area contributed by atoms with Crippen molar-refractivity contribution in [2.75, 3.05) is 6.61 Å². The number of rotatable bonds is 6. The molecular formula is C10H17ClO2. The van der Waals surface area contributed by atoms with E-state index in [2.05, 4.69) is 6.92 Å². The third kappa shape index (κ3) is 6.64. The second-order valence-electron chi connectivity index (χ2n) is 2.72. The molecule has 13 heavy (non-hydrogen) atoms. The van der Waals surface area contributed by atoms with Crippen molar-refractivity contribution in [2.24, 2.45) is 0 Å². The maximum atomic E-state index is 11.0. The summed E-state index contributed by atoms with van der Waals surface area (Å²) < 4.78 is 4.74. The summed E-state index contributed by atoms with van der Waals surface area (Å²) in [7, 11) is 0. The van der Waals surface area contributed by atoms with Gasteiger partial charge in [0.1, 0.15) is 5.38 Å². The molecule has 2 nitrogen and oxygen atoms in total. The average Bonchev–Trinajstić information content (AvgIpc) is 2.12. The van der Waals surface area contributed by atoms with Crippen molar-refractivity contribution in [1.29, 1.82) is 0 Å². The molecule has 0 aliphatic heterocycles. The van der Waals surface area contributed by atoms with Crippen molar-refractivity contribution in [3.63, 3.8) is 0 Å². The van der Waals surface area contributed by atoms with Crippen molar-refractivity contribution in [1.82, 2.24) is 0 Å². The Kier molecular flexibility index (Phi) is 7.80. The zero-order chi connectivity index (χ0) is 10.1. The predicted octanol–water partition coefficient (Wildman–Crippen LogP) is 2.90. The number of esters is 1. The summed E-state index contributed by atoms with van der Waals surface area (Å²) in [4.78, 5) is 11.0. The lowest BCUT2D eigenvalue weighted by Gasteiger charge is -2.02. The van der Waals surface area contributed by atoms with Crippen LogP contribution in [0.25, 0.3) is 0 Å². The van der Waals surface area contributed by atoms with Gasteiger partial charge in [-0.05, 0) is 13.3 Å². The molecular weight excluding hydrogens is 188 g/mol. The quantitative estimate of drug-likeness (QED) is 0.288. The molecule has 0 rings (SSSR count). The van der Waals surface area contributed by atoms with Gasteiger partial charge in [-0.25, -0.2) is 0 Å². The van der Waals surface area contributed by atoms with E-state index < -0.39 is 5.38 Å². The molecule has 0 fully saturated rings. The van der Waals surface area contributed by atoms with Crippen LogP contribution in [-0.4, -0.2) is 18.0 Å². The summed E-state index contributed by atoms with van der Waals surface area (Å²) in [6.07, 6.45) is 6.87. The van der Waals surface area contributed by atoms with Crippen molar-refractivity contribution in [3.8, 4) is 0 Å². The lowest BCUT2D eigenvalue weighted by Crippen LogP contribution is -2.15. The van der Waals surface area contributed by atoms with Gasteiger partial charge in [0, 0.05) is 0 Å². The highest BCUT2D eigenvalue weighted by Crippen LogP contribution is 2.03. The molecule has 0 aliphatic carbocycles. The Morgan fingerprint density at radius 3 is 2.77 bits per heavy atom. The molecule has 0 bridgehead atoms. The van der Waals surface area contributed by atoms with Crippen LogP contribution >= 0.6 is 11.6 Å². The zero-order valence-corrected chi connectivity index (χ0v) is 9.01. The Morgan fingerprint density at radius 2 is 2.23 bits per heavy atom. The van der Waals surface area contributed by atoms with Gasteiger partial charge in [0.2, 0.25) is 0 Å². The lowest BCUT2D eigenvalue weighted by molar-refractivity contribution is -0.141. The third-order valence-corrected chi connectivity index (χ3v) is 1.86. The summed E-state index contributed by atoms with van der Waals surface area (Å²) >= 11 is 5.73. The largest absolute Gasteiger partial charge is 0.465 e. The van der Waals surface area contributed by atoms with E-state index in [1.54, 1.807) is 13.0 Å². The SMILES string of the molecule is CCCC/C=C/C(Cl)C(=O)OCC. The fourth-order valence-corrected chi connectivity index (χ4v) is 1.00. The molecule has 0 aromatic heterocycles. The fourth-order valence-electron chi connectivity index (χ4n) is 0.838. The number of halogens is 1. The molecule has 0 radical (unpaired) electrons. The van der Waals surface area contributed by atoms with E-state index in [0.29, 0.717) is 6.61 Å². The van der Waals surface area contributed by atoms with E-state index >= 15 is 0 Å². The van der Waals surface area contributed by atoms with E-state index in [4.69, 9.17) is 16.3 Å². The van der Waals surface area contributed by atoms with Gasteiger partial charge in [-0.2, -0.15) is 0 Å². The second-order valence-corrected chi connectivity index (χ2v) is 3.19. The van der Waals surface area contributed by atoms with Gasteiger partial charge in [-0.15, -0.1) is 11.6 Å². The van der Waals surface area contributed by atoms with E-state index in [1.165, 1.54) is 0 Å². The Bertz CT molecular complexity index is 166. The van der Waals surface area contributed by atoms with E-state index in [1.807, 2.05) is 6.08 Å². The predicted molar refractivity (Wildman–Crippen MR) is 54.9 cm³/mol.